The summed E-state index contributed by atoms with van der Waals surface area (Å²) in [6.07, 6.45) is 0.778. The van der Waals surface area contributed by atoms with Crippen LogP contribution >= 0.6 is 0 Å². The summed E-state index contributed by atoms with van der Waals surface area (Å²) in [6.45, 7) is 2.64. The maximum Gasteiger partial charge on any atom is 0.301 e. The fraction of sp³-hybridized carbons (Fsp3) is 0.368. The molecule has 3 rings (SSSR count). The molecule has 0 spiro atoms. The number of aliphatic hydroxyl groups excluding tert-OH is 1. The van der Waals surface area contributed by atoms with E-state index in [0.29, 0.717) is 19.5 Å². The van der Waals surface area contributed by atoms with E-state index in [0.717, 1.165) is 17.5 Å². The average molecular weight is 376 g/mol. The number of benzene rings is 2. The molecule has 2 aromatic rings. The highest BCUT2D eigenvalue weighted by Gasteiger charge is 2.30. The van der Waals surface area contributed by atoms with Crippen LogP contribution in [0.3, 0.4) is 0 Å². The lowest BCUT2D eigenvalue weighted by atomic mass is 9.88. The summed E-state index contributed by atoms with van der Waals surface area (Å²) in [4.78, 5) is 0. The number of nitrogens with zero attached hydrogens (tertiary/aromatic N) is 1. The number of hydrogen-bond acceptors (Lipinski definition) is 4. The van der Waals surface area contributed by atoms with Gasteiger partial charge in [0.15, 0.2) is 0 Å². The number of anilines is 1. The van der Waals surface area contributed by atoms with Crippen LogP contribution in [-0.4, -0.2) is 31.7 Å². The van der Waals surface area contributed by atoms with Crippen molar-refractivity contribution in [3.8, 4) is 5.75 Å². The van der Waals surface area contributed by atoms with Gasteiger partial charge in [0.1, 0.15) is 5.75 Å². The summed E-state index contributed by atoms with van der Waals surface area (Å²) in [5.41, 5.74) is 2.00. The second-order valence-electron chi connectivity index (χ2n) is 6.52. The lowest BCUT2D eigenvalue weighted by Gasteiger charge is -2.23. The SMILES string of the molecule is CCC(Cc1ccc(N2CCNS2(=O)=O)c(O)c1)C(O)c1ccccc1. The lowest BCUT2D eigenvalue weighted by molar-refractivity contribution is 0.105. The topological polar surface area (TPSA) is 89.9 Å². The van der Waals surface area contributed by atoms with E-state index < -0.39 is 16.3 Å². The molecule has 1 aliphatic rings. The molecule has 6 nitrogen and oxygen atoms in total. The van der Waals surface area contributed by atoms with Crippen LogP contribution in [0.5, 0.6) is 5.75 Å². The van der Waals surface area contributed by atoms with E-state index in [1.54, 1.807) is 12.1 Å². The first-order valence-electron chi connectivity index (χ1n) is 8.74. The molecular formula is C19H24N2O4S. The van der Waals surface area contributed by atoms with Crippen LogP contribution in [-0.2, 0) is 16.6 Å². The Morgan fingerprint density at radius 1 is 1.19 bits per heavy atom. The minimum absolute atomic E-state index is 0.000152. The van der Waals surface area contributed by atoms with Gasteiger partial charge < -0.3 is 10.2 Å². The molecule has 2 atom stereocenters. The number of phenolic OH excluding ortho intramolecular Hbond substituents is 1. The number of aliphatic hydroxyl groups is 1. The Balaban J connectivity index is 1.78. The molecule has 1 aliphatic heterocycles. The molecule has 2 unspecified atom stereocenters. The van der Waals surface area contributed by atoms with Gasteiger partial charge in [0.2, 0.25) is 0 Å². The van der Waals surface area contributed by atoms with E-state index in [1.165, 1.54) is 4.31 Å². The molecule has 0 aliphatic carbocycles. The van der Waals surface area contributed by atoms with Gasteiger partial charge in [0.25, 0.3) is 0 Å². The third-order valence-corrected chi connectivity index (χ3v) is 6.34. The van der Waals surface area contributed by atoms with E-state index in [-0.39, 0.29) is 17.4 Å². The van der Waals surface area contributed by atoms with Crippen LogP contribution in [0.4, 0.5) is 5.69 Å². The van der Waals surface area contributed by atoms with Crippen LogP contribution < -0.4 is 9.03 Å². The number of rotatable bonds is 6. The first-order valence-corrected chi connectivity index (χ1v) is 10.2. The highest BCUT2D eigenvalue weighted by atomic mass is 32.2. The molecule has 140 valence electrons. The Hall–Kier alpha value is -2.09. The molecule has 2 aromatic carbocycles. The fourth-order valence-electron chi connectivity index (χ4n) is 3.34. The molecule has 0 radical (unpaired) electrons. The Bertz CT molecular complexity index is 855. The van der Waals surface area contributed by atoms with Crippen molar-refractivity contribution in [3.63, 3.8) is 0 Å². The molecule has 0 amide bonds. The zero-order valence-corrected chi connectivity index (χ0v) is 15.5. The zero-order chi connectivity index (χ0) is 18.7. The predicted octanol–water partition coefficient (Wildman–Crippen LogP) is 2.35. The van der Waals surface area contributed by atoms with Crippen molar-refractivity contribution in [3.05, 3.63) is 59.7 Å². The summed E-state index contributed by atoms with van der Waals surface area (Å²) in [6, 6.07) is 14.5. The first kappa shape index (κ1) is 18.7. The summed E-state index contributed by atoms with van der Waals surface area (Å²) in [5, 5.41) is 21.0. The van der Waals surface area contributed by atoms with Crippen LogP contribution in [0.1, 0.15) is 30.6 Å². The summed E-state index contributed by atoms with van der Waals surface area (Å²) in [7, 11) is -3.57. The quantitative estimate of drug-likeness (QED) is 0.722. The second-order valence-corrected chi connectivity index (χ2v) is 8.20. The van der Waals surface area contributed by atoms with Crippen molar-refractivity contribution in [2.75, 3.05) is 17.4 Å². The molecule has 26 heavy (non-hydrogen) atoms. The monoisotopic (exact) mass is 376 g/mol. The highest BCUT2D eigenvalue weighted by molar-refractivity contribution is 7.91. The van der Waals surface area contributed by atoms with Gasteiger partial charge in [-0.05, 0) is 35.6 Å². The molecule has 0 saturated carbocycles. The van der Waals surface area contributed by atoms with Crippen LogP contribution in [0.25, 0.3) is 0 Å². The number of phenols is 1. The maximum atomic E-state index is 11.9. The van der Waals surface area contributed by atoms with Gasteiger partial charge in [-0.3, -0.25) is 4.31 Å². The highest BCUT2D eigenvalue weighted by Crippen LogP contribution is 2.34. The molecule has 0 aromatic heterocycles. The third-order valence-electron chi connectivity index (χ3n) is 4.81. The standard InChI is InChI=1S/C19H24N2O4S/c1-2-15(19(23)16-6-4-3-5-7-16)12-14-8-9-17(18(22)13-14)21-11-10-20-26(21,24)25/h3-9,13,15,19-20,22-23H,2,10-12H2,1H3. The molecule has 1 heterocycles. The van der Waals surface area contributed by atoms with Gasteiger partial charge in [0.05, 0.1) is 11.8 Å². The Morgan fingerprint density at radius 3 is 2.50 bits per heavy atom. The molecule has 0 bridgehead atoms. The van der Waals surface area contributed by atoms with E-state index in [2.05, 4.69) is 4.72 Å². The summed E-state index contributed by atoms with van der Waals surface area (Å²) in [5.74, 6) is -0.0707. The molecule has 3 N–H and O–H groups in total. The normalized spacial score (nSPS) is 18.6. The van der Waals surface area contributed by atoms with E-state index in [9.17, 15) is 18.6 Å². The van der Waals surface area contributed by atoms with Crippen molar-refractivity contribution in [2.45, 2.75) is 25.9 Å². The van der Waals surface area contributed by atoms with Crippen molar-refractivity contribution in [1.82, 2.24) is 4.72 Å². The molecule has 1 saturated heterocycles. The first-order chi connectivity index (χ1) is 12.4. The number of nitrogens with one attached hydrogen (secondary N) is 1. The Kier molecular flexibility index (Phi) is 5.50. The third kappa shape index (κ3) is 3.85. The van der Waals surface area contributed by atoms with Crippen LogP contribution in [0.15, 0.2) is 48.5 Å². The summed E-state index contributed by atoms with van der Waals surface area (Å²) < 4.78 is 27.5. The lowest BCUT2D eigenvalue weighted by Crippen LogP contribution is -2.29. The minimum Gasteiger partial charge on any atom is -0.506 e. The van der Waals surface area contributed by atoms with Crippen molar-refractivity contribution in [1.29, 1.82) is 0 Å². The molecular weight excluding hydrogens is 352 g/mol. The molecule has 7 heteroatoms. The van der Waals surface area contributed by atoms with Gasteiger partial charge in [-0.2, -0.15) is 13.1 Å². The largest absolute Gasteiger partial charge is 0.506 e. The van der Waals surface area contributed by atoms with Crippen molar-refractivity contribution in [2.24, 2.45) is 5.92 Å². The zero-order valence-electron chi connectivity index (χ0n) is 14.7. The second kappa shape index (κ2) is 7.65. The average Bonchev–Trinajstić information content (AvgIpc) is 2.99. The Morgan fingerprint density at radius 2 is 1.92 bits per heavy atom. The predicted molar refractivity (Wildman–Crippen MR) is 101 cm³/mol. The smallest absolute Gasteiger partial charge is 0.301 e. The molecule has 1 fully saturated rings. The minimum atomic E-state index is -3.57. The fourth-order valence-corrected chi connectivity index (χ4v) is 4.59. The van der Waals surface area contributed by atoms with Crippen LogP contribution in [0.2, 0.25) is 0 Å². The van der Waals surface area contributed by atoms with Gasteiger partial charge in [-0.1, -0.05) is 49.7 Å². The van der Waals surface area contributed by atoms with Gasteiger partial charge in [-0.15, -0.1) is 0 Å². The van der Waals surface area contributed by atoms with Gasteiger partial charge >= 0.3 is 10.2 Å². The van der Waals surface area contributed by atoms with Gasteiger partial charge in [-0.25, -0.2) is 0 Å². The van der Waals surface area contributed by atoms with E-state index >= 15 is 0 Å². The van der Waals surface area contributed by atoms with Crippen LogP contribution in [0, 0.1) is 5.92 Å². The van der Waals surface area contributed by atoms with E-state index in [4.69, 9.17) is 0 Å². The number of aromatic hydroxyl groups is 1. The maximum absolute atomic E-state index is 11.9. The van der Waals surface area contributed by atoms with Gasteiger partial charge in [0, 0.05) is 13.1 Å². The summed E-state index contributed by atoms with van der Waals surface area (Å²) >= 11 is 0. The van der Waals surface area contributed by atoms with E-state index in [1.807, 2.05) is 43.3 Å². The van der Waals surface area contributed by atoms with Crippen molar-refractivity contribution < 1.29 is 18.6 Å². The van der Waals surface area contributed by atoms with Crippen molar-refractivity contribution >= 4 is 15.9 Å². The number of hydrogen-bond donors (Lipinski definition) is 3. The Labute approximate surface area is 154 Å².